The Kier molecular flexibility index (Phi) is 1.56. The average molecular weight is 244 g/mol. The lowest BCUT2D eigenvalue weighted by molar-refractivity contribution is 1.54. The number of hydrogen-bond acceptors (Lipinski definition) is 0. The number of aromatic amines is 1. The zero-order valence-corrected chi connectivity index (χ0v) is 8.85. The van der Waals surface area contributed by atoms with Crippen LogP contribution in [-0.2, 0) is 0 Å². The number of hydrogen-bond donors (Lipinski definition) is 1. The summed E-state index contributed by atoms with van der Waals surface area (Å²) < 4.78 is 0.927. The van der Waals surface area contributed by atoms with E-state index in [1.165, 1.54) is 5.39 Å². The van der Waals surface area contributed by atoms with Crippen molar-refractivity contribution in [1.82, 2.24) is 4.98 Å². The first-order valence-corrected chi connectivity index (χ1v) is 5.14. The van der Waals surface area contributed by atoms with Gasteiger partial charge in [-0.1, -0.05) is 30.3 Å². The fourth-order valence-electron chi connectivity index (χ4n) is 1.69. The summed E-state index contributed by atoms with van der Waals surface area (Å²) in [6.45, 7) is 0. The minimum absolute atomic E-state index is 0.927. The van der Waals surface area contributed by atoms with Crippen molar-refractivity contribution in [1.29, 1.82) is 0 Å². The number of H-pyrrole nitrogens is 1. The molecular formula is C12H6BrN. The van der Waals surface area contributed by atoms with E-state index >= 15 is 0 Å². The Balaban J connectivity index is 2.57. The topological polar surface area (TPSA) is 15.8 Å². The van der Waals surface area contributed by atoms with Gasteiger partial charge in [0.05, 0.1) is 15.4 Å². The van der Waals surface area contributed by atoms with E-state index in [1.807, 2.05) is 18.2 Å². The third-order valence-corrected chi connectivity index (χ3v) is 2.74. The lowest BCUT2D eigenvalue weighted by atomic mass is 10.2. The maximum Gasteiger partial charge on any atom is 0.0698 e. The first kappa shape index (κ1) is 7.90. The van der Waals surface area contributed by atoms with Crippen molar-refractivity contribution in [2.45, 2.75) is 0 Å². The quantitative estimate of drug-likeness (QED) is 0.620. The molecule has 0 spiro atoms. The highest BCUT2D eigenvalue weighted by atomic mass is 79.9. The first-order valence-electron chi connectivity index (χ1n) is 4.34. The van der Waals surface area contributed by atoms with Gasteiger partial charge in [0.15, 0.2) is 0 Å². The summed E-state index contributed by atoms with van der Waals surface area (Å²) in [5.41, 5.74) is 2.24. The smallest absolute Gasteiger partial charge is 0.0698 e. The highest BCUT2D eigenvalue weighted by molar-refractivity contribution is 9.10. The molecule has 1 nitrogen and oxygen atoms in total. The number of fused-ring (bicyclic) bond motifs is 3. The molecule has 0 aliphatic heterocycles. The second-order valence-electron chi connectivity index (χ2n) is 3.20. The molecule has 66 valence electrons. The number of nitrogens with one attached hydrogen (secondary N) is 1. The van der Waals surface area contributed by atoms with E-state index in [4.69, 9.17) is 0 Å². The van der Waals surface area contributed by atoms with Crippen LogP contribution in [0.15, 0.2) is 34.8 Å². The van der Waals surface area contributed by atoms with Gasteiger partial charge >= 0.3 is 0 Å². The van der Waals surface area contributed by atoms with Crippen molar-refractivity contribution in [3.05, 3.63) is 46.9 Å². The van der Waals surface area contributed by atoms with Crippen LogP contribution in [0.4, 0.5) is 0 Å². The third kappa shape index (κ3) is 1.03. The number of halogens is 1. The van der Waals surface area contributed by atoms with Crippen LogP contribution in [-0.4, -0.2) is 4.98 Å². The zero-order chi connectivity index (χ0) is 9.54. The van der Waals surface area contributed by atoms with Crippen molar-refractivity contribution < 1.29 is 0 Å². The predicted octanol–water partition coefficient (Wildman–Crippen LogP) is 3.68. The van der Waals surface area contributed by atoms with Gasteiger partial charge in [-0.15, -0.1) is 0 Å². The van der Waals surface area contributed by atoms with Gasteiger partial charge in [-0.2, -0.15) is 0 Å². The normalized spacial score (nSPS) is 10.6. The Hall–Kier alpha value is -1.46. The molecule has 14 heavy (non-hydrogen) atoms. The number of benzene rings is 1. The van der Waals surface area contributed by atoms with Crippen molar-refractivity contribution >= 4 is 37.7 Å². The van der Waals surface area contributed by atoms with Gasteiger partial charge in [0.2, 0.25) is 0 Å². The van der Waals surface area contributed by atoms with Crippen LogP contribution < -0.4 is 0 Å². The van der Waals surface area contributed by atoms with E-state index in [0.717, 1.165) is 20.9 Å². The van der Waals surface area contributed by atoms with Crippen LogP contribution in [0.3, 0.4) is 0 Å². The van der Waals surface area contributed by atoms with Crippen LogP contribution >= 0.6 is 15.9 Å². The fourth-order valence-corrected chi connectivity index (χ4v) is 2.02. The summed E-state index contributed by atoms with van der Waals surface area (Å²) in [7, 11) is 0. The molecule has 3 aromatic rings. The largest absolute Gasteiger partial charge is 0.354 e. The van der Waals surface area contributed by atoms with Crippen LogP contribution in [0.2, 0.25) is 0 Å². The maximum absolute atomic E-state index is 3.38. The van der Waals surface area contributed by atoms with E-state index in [9.17, 15) is 0 Å². The fraction of sp³-hybridized carbons (Fsp3) is 0. The van der Waals surface area contributed by atoms with Crippen LogP contribution in [0, 0.1) is 12.1 Å². The zero-order valence-electron chi connectivity index (χ0n) is 7.26. The Labute approximate surface area is 89.9 Å². The summed E-state index contributed by atoms with van der Waals surface area (Å²) in [4.78, 5) is 3.34. The van der Waals surface area contributed by atoms with Gasteiger partial charge in [-0.05, 0) is 28.1 Å². The molecule has 0 aliphatic rings. The summed E-state index contributed by atoms with van der Waals surface area (Å²) in [6.07, 6.45) is 0. The van der Waals surface area contributed by atoms with Crippen molar-refractivity contribution in [3.8, 4) is 0 Å². The van der Waals surface area contributed by atoms with Crippen LogP contribution in [0.25, 0.3) is 21.8 Å². The second kappa shape index (κ2) is 2.76. The van der Waals surface area contributed by atoms with Crippen molar-refractivity contribution in [2.24, 2.45) is 0 Å². The maximum atomic E-state index is 3.38. The lowest BCUT2D eigenvalue weighted by Crippen LogP contribution is -1.64. The molecule has 2 aromatic carbocycles. The molecule has 0 amide bonds. The Morgan fingerprint density at radius 1 is 1.07 bits per heavy atom. The molecule has 0 radical (unpaired) electrons. The first-order chi connectivity index (χ1) is 6.84. The summed E-state index contributed by atoms with van der Waals surface area (Å²) in [6, 6.07) is 16.4. The predicted molar refractivity (Wildman–Crippen MR) is 61.2 cm³/mol. The van der Waals surface area contributed by atoms with Crippen molar-refractivity contribution in [3.63, 3.8) is 0 Å². The Morgan fingerprint density at radius 3 is 2.86 bits per heavy atom. The summed E-state index contributed by atoms with van der Waals surface area (Å²) >= 11 is 3.38. The third-order valence-electron chi connectivity index (χ3n) is 2.31. The van der Waals surface area contributed by atoms with E-state index in [0.29, 0.717) is 0 Å². The molecular weight excluding hydrogens is 238 g/mol. The van der Waals surface area contributed by atoms with E-state index < -0.39 is 0 Å². The van der Waals surface area contributed by atoms with E-state index in [-0.39, 0.29) is 0 Å². The number of aromatic nitrogens is 1. The van der Waals surface area contributed by atoms with Gasteiger partial charge in [0.25, 0.3) is 0 Å². The molecule has 0 atom stereocenters. The van der Waals surface area contributed by atoms with Gasteiger partial charge in [0.1, 0.15) is 0 Å². The molecule has 0 fully saturated rings. The average Bonchev–Trinajstić information content (AvgIpc) is 2.54. The molecule has 1 heterocycles. The highest BCUT2D eigenvalue weighted by Crippen LogP contribution is 2.24. The Bertz CT molecular complexity index is 610. The standard InChI is InChI=1S/C12H6BrN/c13-8-5-6-10-9-3-1-2-4-11(9)14-12(10)7-8/h1-4,7,14H. The monoisotopic (exact) mass is 243 g/mol. The lowest BCUT2D eigenvalue weighted by Gasteiger charge is -1.85. The van der Waals surface area contributed by atoms with Gasteiger partial charge < -0.3 is 4.98 Å². The van der Waals surface area contributed by atoms with Gasteiger partial charge in [-0.25, -0.2) is 0 Å². The van der Waals surface area contributed by atoms with Crippen LogP contribution in [0.1, 0.15) is 0 Å². The molecule has 0 saturated carbocycles. The van der Waals surface area contributed by atoms with Gasteiger partial charge in [0, 0.05) is 10.9 Å². The molecule has 0 aliphatic carbocycles. The molecule has 1 N–H and O–H groups in total. The Morgan fingerprint density at radius 2 is 1.93 bits per heavy atom. The minimum atomic E-state index is 0.927. The second-order valence-corrected chi connectivity index (χ2v) is 4.06. The molecule has 3 rings (SSSR count). The number of para-hydroxylation sites is 1. The van der Waals surface area contributed by atoms with Crippen LogP contribution in [0.5, 0.6) is 0 Å². The van der Waals surface area contributed by atoms with Gasteiger partial charge in [-0.3, -0.25) is 0 Å². The SMILES string of the molecule is Brc1c#cc2c(c1)[nH]c1ccccc12. The molecule has 0 unspecified atom stereocenters. The van der Waals surface area contributed by atoms with E-state index in [1.54, 1.807) is 0 Å². The molecule has 1 aromatic heterocycles. The van der Waals surface area contributed by atoms with E-state index in [2.05, 4.69) is 45.2 Å². The molecule has 0 bridgehead atoms. The van der Waals surface area contributed by atoms with Crippen molar-refractivity contribution in [2.75, 3.05) is 0 Å². The molecule has 0 saturated heterocycles. The highest BCUT2D eigenvalue weighted by Gasteiger charge is 2.01. The summed E-state index contributed by atoms with van der Waals surface area (Å²) in [5, 5.41) is 2.30. The minimum Gasteiger partial charge on any atom is -0.354 e. The molecule has 2 heteroatoms. The number of rotatable bonds is 0. The summed E-state index contributed by atoms with van der Waals surface area (Å²) in [5.74, 6) is 0.